The number of hydrogen-bond acceptors (Lipinski definition) is 5. The summed E-state index contributed by atoms with van der Waals surface area (Å²) < 4.78 is 0. The molecular weight excluding hydrogens is 250 g/mol. The Bertz CT molecular complexity index is 426. The third-order valence-electron chi connectivity index (χ3n) is 4.04. The molecule has 1 aliphatic rings. The van der Waals surface area contributed by atoms with Crippen molar-refractivity contribution in [2.75, 3.05) is 16.9 Å². The average molecular weight is 277 g/mol. The van der Waals surface area contributed by atoms with Crippen LogP contribution in [0.25, 0.3) is 0 Å². The lowest BCUT2D eigenvalue weighted by atomic mass is 9.94. The Morgan fingerprint density at radius 1 is 1.30 bits per heavy atom. The Balaban J connectivity index is 2.29. The highest BCUT2D eigenvalue weighted by molar-refractivity contribution is 5.49. The van der Waals surface area contributed by atoms with Crippen LogP contribution in [-0.4, -0.2) is 22.6 Å². The number of anilines is 2. The lowest BCUT2D eigenvalue weighted by molar-refractivity contribution is 0.416. The lowest BCUT2D eigenvalue weighted by Crippen LogP contribution is -2.37. The van der Waals surface area contributed by atoms with Gasteiger partial charge >= 0.3 is 0 Å². The van der Waals surface area contributed by atoms with Gasteiger partial charge in [-0.05, 0) is 19.8 Å². The summed E-state index contributed by atoms with van der Waals surface area (Å²) in [5.74, 6) is 8.41. The van der Waals surface area contributed by atoms with Gasteiger partial charge in [0.15, 0.2) is 0 Å². The lowest BCUT2D eigenvalue weighted by Gasteiger charge is -2.34. The maximum absolute atomic E-state index is 5.55. The summed E-state index contributed by atoms with van der Waals surface area (Å²) >= 11 is 0. The largest absolute Gasteiger partial charge is 0.354 e. The predicted molar refractivity (Wildman–Crippen MR) is 83.8 cm³/mol. The third-order valence-corrected chi connectivity index (χ3v) is 4.04. The van der Waals surface area contributed by atoms with Crippen molar-refractivity contribution in [1.82, 2.24) is 9.97 Å². The highest BCUT2D eigenvalue weighted by atomic mass is 15.3. The summed E-state index contributed by atoms with van der Waals surface area (Å²) in [4.78, 5) is 11.6. The number of nitrogen functional groups attached to an aromatic ring is 1. The van der Waals surface area contributed by atoms with Crippen LogP contribution in [-0.2, 0) is 0 Å². The molecule has 112 valence electrons. The number of hydrogen-bond donors (Lipinski definition) is 2. The highest BCUT2D eigenvalue weighted by Crippen LogP contribution is 2.28. The molecule has 0 bridgehead atoms. The first-order valence-corrected chi connectivity index (χ1v) is 7.78. The van der Waals surface area contributed by atoms with Crippen LogP contribution in [0.1, 0.15) is 64.6 Å². The molecule has 5 heteroatoms. The SMILES string of the molecule is CCN(c1cc(NN)nc(C(C)C)n1)C1CCCCC1. The number of aromatic nitrogens is 2. The van der Waals surface area contributed by atoms with Crippen molar-refractivity contribution in [1.29, 1.82) is 0 Å². The summed E-state index contributed by atoms with van der Waals surface area (Å²) in [6.07, 6.45) is 6.54. The molecule has 0 saturated heterocycles. The van der Waals surface area contributed by atoms with Crippen molar-refractivity contribution >= 4 is 11.6 Å². The van der Waals surface area contributed by atoms with Gasteiger partial charge in [0.1, 0.15) is 17.5 Å². The zero-order valence-electron chi connectivity index (χ0n) is 12.9. The molecule has 0 amide bonds. The summed E-state index contributed by atoms with van der Waals surface area (Å²) in [6, 6.07) is 2.57. The molecular formula is C15H27N5. The van der Waals surface area contributed by atoms with Crippen molar-refractivity contribution in [3.8, 4) is 0 Å². The fraction of sp³-hybridized carbons (Fsp3) is 0.733. The van der Waals surface area contributed by atoms with Gasteiger partial charge in [-0.1, -0.05) is 33.1 Å². The fourth-order valence-electron chi connectivity index (χ4n) is 2.93. The molecule has 3 N–H and O–H groups in total. The molecule has 1 fully saturated rings. The van der Waals surface area contributed by atoms with Crippen molar-refractivity contribution in [2.24, 2.45) is 5.84 Å². The number of nitrogens with two attached hydrogens (primary N) is 1. The first-order chi connectivity index (χ1) is 9.65. The molecule has 0 radical (unpaired) electrons. The zero-order valence-corrected chi connectivity index (χ0v) is 12.9. The van der Waals surface area contributed by atoms with Crippen LogP contribution >= 0.6 is 0 Å². The van der Waals surface area contributed by atoms with Gasteiger partial charge in [0.25, 0.3) is 0 Å². The van der Waals surface area contributed by atoms with Gasteiger partial charge in [0.05, 0.1) is 0 Å². The Labute approximate surface area is 121 Å². The molecule has 0 spiro atoms. The second kappa shape index (κ2) is 6.88. The van der Waals surface area contributed by atoms with Gasteiger partial charge in [-0.25, -0.2) is 15.8 Å². The summed E-state index contributed by atoms with van der Waals surface area (Å²) in [5, 5.41) is 0. The van der Waals surface area contributed by atoms with Gasteiger partial charge in [-0.2, -0.15) is 0 Å². The Morgan fingerprint density at radius 2 is 2.00 bits per heavy atom. The van der Waals surface area contributed by atoms with E-state index < -0.39 is 0 Å². The summed E-state index contributed by atoms with van der Waals surface area (Å²) in [6.45, 7) is 7.39. The van der Waals surface area contributed by atoms with Gasteiger partial charge in [-0.15, -0.1) is 0 Å². The average Bonchev–Trinajstić information content (AvgIpc) is 2.48. The normalized spacial score (nSPS) is 16.4. The maximum Gasteiger partial charge on any atom is 0.145 e. The van der Waals surface area contributed by atoms with Crippen LogP contribution in [0.4, 0.5) is 11.6 Å². The van der Waals surface area contributed by atoms with Crippen molar-refractivity contribution < 1.29 is 0 Å². The number of rotatable bonds is 5. The van der Waals surface area contributed by atoms with E-state index in [9.17, 15) is 0 Å². The van der Waals surface area contributed by atoms with Crippen molar-refractivity contribution in [2.45, 2.75) is 64.8 Å². The van der Waals surface area contributed by atoms with Gasteiger partial charge in [0.2, 0.25) is 0 Å². The van der Waals surface area contributed by atoms with Crippen LogP contribution in [0.5, 0.6) is 0 Å². The molecule has 0 aliphatic heterocycles. The molecule has 0 atom stereocenters. The van der Waals surface area contributed by atoms with Crippen molar-refractivity contribution in [3.63, 3.8) is 0 Å². The Hall–Kier alpha value is -1.36. The van der Waals surface area contributed by atoms with Crippen LogP contribution in [0, 0.1) is 0 Å². The number of nitrogens with zero attached hydrogens (tertiary/aromatic N) is 3. The summed E-state index contributed by atoms with van der Waals surface area (Å²) in [7, 11) is 0. The molecule has 1 aliphatic carbocycles. The predicted octanol–water partition coefficient (Wildman–Crippen LogP) is 3.04. The first-order valence-electron chi connectivity index (χ1n) is 7.78. The van der Waals surface area contributed by atoms with Crippen molar-refractivity contribution in [3.05, 3.63) is 11.9 Å². The molecule has 20 heavy (non-hydrogen) atoms. The highest BCUT2D eigenvalue weighted by Gasteiger charge is 2.22. The van der Waals surface area contributed by atoms with E-state index in [4.69, 9.17) is 10.8 Å². The molecule has 1 aromatic heterocycles. The molecule has 0 aromatic carbocycles. The second-order valence-electron chi connectivity index (χ2n) is 5.85. The van der Waals surface area contributed by atoms with E-state index in [1.165, 1.54) is 32.1 Å². The summed E-state index contributed by atoms with van der Waals surface area (Å²) in [5.41, 5.74) is 2.67. The molecule has 2 rings (SSSR count). The molecule has 1 heterocycles. The monoisotopic (exact) mass is 277 g/mol. The van der Waals surface area contributed by atoms with E-state index >= 15 is 0 Å². The minimum Gasteiger partial charge on any atom is -0.354 e. The standard InChI is InChI=1S/C15H27N5/c1-4-20(12-8-6-5-7-9-12)14-10-13(19-16)17-15(18-14)11(2)3/h10-12H,4-9,16H2,1-3H3,(H,17,18,19). The van der Waals surface area contributed by atoms with Crippen LogP contribution in [0.3, 0.4) is 0 Å². The molecule has 1 saturated carbocycles. The van der Waals surface area contributed by atoms with E-state index in [0.29, 0.717) is 17.8 Å². The fourth-order valence-corrected chi connectivity index (χ4v) is 2.93. The van der Waals surface area contributed by atoms with Gasteiger partial charge in [-0.3, -0.25) is 0 Å². The van der Waals surface area contributed by atoms with Crippen LogP contribution in [0.15, 0.2) is 6.07 Å². The van der Waals surface area contributed by atoms with E-state index in [2.05, 4.69) is 36.1 Å². The number of nitrogens with one attached hydrogen (secondary N) is 1. The minimum absolute atomic E-state index is 0.298. The van der Waals surface area contributed by atoms with Gasteiger partial charge < -0.3 is 10.3 Å². The topological polar surface area (TPSA) is 67.1 Å². The van der Waals surface area contributed by atoms with Crippen LogP contribution in [0.2, 0.25) is 0 Å². The number of hydrazine groups is 1. The maximum atomic E-state index is 5.55. The third kappa shape index (κ3) is 3.39. The van der Waals surface area contributed by atoms with E-state index in [-0.39, 0.29) is 0 Å². The second-order valence-corrected chi connectivity index (χ2v) is 5.85. The van der Waals surface area contributed by atoms with E-state index in [1.54, 1.807) is 0 Å². The quantitative estimate of drug-likeness (QED) is 0.639. The first kappa shape index (κ1) is 15.0. The van der Waals surface area contributed by atoms with Crippen LogP contribution < -0.4 is 16.2 Å². The van der Waals surface area contributed by atoms with E-state index in [0.717, 1.165) is 18.2 Å². The Kier molecular flexibility index (Phi) is 5.17. The molecule has 1 aromatic rings. The molecule has 5 nitrogen and oxygen atoms in total. The van der Waals surface area contributed by atoms with Gasteiger partial charge in [0, 0.05) is 24.6 Å². The smallest absolute Gasteiger partial charge is 0.145 e. The zero-order chi connectivity index (χ0) is 14.5. The molecule has 0 unspecified atom stereocenters. The minimum atomic E-state index is 0.298. The van der Waals surface area contributed by atoms with E-state index in [1.807, 2.05) is 6.07 Å². The Morgan fingerprint density at radius 3 is 2.55 bits per heavy atom.